The third kappa shape index (κ3) is 4.81. The van der Waals surface area contributed by atoms with Crippen molar-refractivity contribution in [2.75, 3.05) is 34.5 Å². The van der Waals surface area contributed by atoms with Crippen molar-refractivity contribution in [3.63, 3.8) is 0 Å². The zero-order valence-corrected chi connectivity index (χ0v) is 17.0. The maximum absolute atomic E-state index is 12.4. The molecule has 0 radical (unpaired) electrons. The molecule has 7 heteroatoms. The second kappa shape index (κ2) is 9.65. The standard InChI is InChI=1S/C23H22O7/c1-26-20-11-17(12-21(27-2)23(20)28-3)19(24)13-30-22(25)14-29-18-9-8-15-6-4-5-7-16(15)10-18/h4-12H,13-14H2,1-3H3. The van der Waals surface area contributed by atoms with Gasteiger partial charge in [0.1, 0.15) is 5.75 Å². The molecule has 0 aromatic heterocycles. The molecule has 7 nitrogen and oxygen atoms in total. The maximum atomic E-state index is 12.4. The lowest BCUT2D eigenvalue weighted by molar-refractivity contribution is -0.144. The monoisotopic (exact) mass is 410 g/mol. The minimum Gasteiger partial charge on any atom is -0.493 e. The predicted octanol–water partition coefficient (Wildman–Crippen LogP) is 3.67. The smallest absolute Gasteiger partial charge is 0.344 e. The summed E-state index contributed by atoms with van der Waals surface area (Å²) in [6.45, 7) is -0.737. The molecule has 0 atom stereocenters. The van der Waals surface area contributed by atoms with Crippen LogP contribution in [0.2, 0.25) is 0 Å². The molecule has 0 aliphatic heterocycles. The molecular formula is C23H22O7. The van der Waals surface area contributed by atoms with E-state index in [1.807, 2.05) is 36.4 Å². The van der Waals surface area contributed by atoms with Crippen molar-refractivity contribution in [1.82, 2.24) is 0 Å². The summed E-state index contributed by atoms with van der Waals surface area (Å²) in [5.41, 5.74) is 0.271. The molecule has 3 rings (SSSR count). The fraction of sp³-hybridized carbons (Fsp3) is 0.217. The molecular weight excluding hydrogens is 388 g/mol. The number of benzene rings is 3. The Hall–Kier alpha value is -3.74. The Kier molecular flexibility index (Phi) is 6.75. The summed E-state index contributed by atoms with van der Waals surface area (Å²) in [7, 11) is 4.38. The molecule has 0 heterocycles. The Morgan fingerprint density at radius 2 is 1.43 bits per heavy atom. The number of rotatable bonds is 9. The first-order chi connectivity index (χ1) is 14.5. The fourth-order valence-electron chi connectivity index (χ4n) is 2.91. The highest BCUT2D eigenvalue weighted by Gasteiger charge is 2.18. The van der Waals surface area contributed by atoms with E-state index in [-0.39, 0.29) is 12.2 Å². The number of carbonyl (C=O) groups is 2. The lowest BCUT2D eigenvalue weighted by atomic mass is 10.1. The average Bonchev–Trinajstić information content (AvgIpc) is 2.79. The van der Waals surface area contributed by atoms with Gasteiger partial charge < -0.3 is 23.7 Å². The number of carbonyl (C=O) groups excluding carboxylic acids is 2. The van der Waals surface area contributed by atoms with Crippen molar-refractivity contribution < 1.29 is 33.3 Å². The number of hydrogen-bond donors (Lipinski definition) is 0. The molecule has 0 aliphatic carbocycles. The molecule has 0 fully saturated rings. The largest absolute Gasteiger partial charge is 0.493 e. The van der Waals surface area contributed by atoms with E-state index in [0.717, 1.165) is 10.8 Å². The van der Waals surface area contributed by atoms with Crippen molar-refractivity contribution in [3.05, 3.63) is 60.2 Å². The van der Waals surface area contributed by atoms with E-state index < -0.39 is 18.4 Å². The van der Waals surface area contributed by atoms with Crippen LogP contribution in [-0.4, -0.2) is 46.3 Å². The minimum absolute atomic E-state index is 0.271. The van der Waals surface area contributed by atoms with E-state index in [0.29, 0.717) is 23.0 Å². The number of methoxy groups -OCH3 is 3. The summed E-state index contributed by atoms with van der Waals surface area (Å²) < 4.78 is 26.2. The molecule has 3 aromatic rings. The van der Waals surface area contributed by atoms with Crippen molar-refractivity contribution in [2.45, 2.75) is 0 Å². The van der Waals surface area contributed by atoms with Gasteiger partial charge in [-0.2, -0.15) is 0 Å². The van der Waals surface area contributed by atoms with Crippen LogP contribution in [0.4, 0.5) is 0 Å². The third-order valence-electron chi connectivity index (χ3n) is 4.43. The topological polar surface area (TPSA) is 80.3 Å². The molecule has 0 amide bonds. The molecule has 0 bridgehead atoms. The normalized spacial score (nSPS) is 10.4. The van der Waals surface area contributed by atoms with Crippen molar-refractivity contribution in [3.8, 4) is 23.0 Å². The van der Waals surface area contributed by atoms with E-state index in [1.165, 1.54) is 33.5 Å². The van der Waals surface area contributed by atoms with E-state index in [1.54, 1.807) is 6.07 Å². The summed E-state index contributed by atoms with van der Waals surface area (Å²) >= 11 is 0. The average molecular weight is 410 g/mol. The van der Waals surface area contributed by atoms with Crippen LogP contribution in [0.5, 0.6) is 23.0 Å². The zero-order valence-electron chi connectivity index (χ0n) is 17.0. The van der Waals surface area contributed by atoms with Crippen LogP contribution in [0.15, 0.2) is 54.6 Å². The Balaban J connectivity index is 1.58. The zero-order chi connectivity index (χ0) is 21.5. The van der Waals surface area contributed by atoms with E-state index in [2.05, 4.69) is 0 Å². The first-order valence-electron chi connectivity index (χ1n) is 9.16. The number of Topliss-reactive ketones (excluding diaryl/α,β-unsaturated/α-hetero) is 1. The Morgan fingerprint density at radius 3 is 2.07 bits per heavy atom. The minimum atomic E-state index is -0.649. The maximum Gasteiger partial charge on any atom is 0.344 e. The van der Waals surface area contributed by atoms with E-state index >= 15 is 0 Å². The van der Waals surface area contributed by atoms with Crippen molar-refractivity contribution in [1.29, 1.82) is 0 Å². The molecule has 0 spiro atoms. The van der Waals surface area contributed by atoms with Crippen LogP contribution in [0.3, 0.4) is 0 Å². The summed E-state index contributed by atoms with van der Waals surface area (Å²) in [6, 6.07) is 16.3. The molecule has 30 heavy (non-hydrogen) atoms. The van der Waals surface area contributed by atoms with Gasteiger partial charge in [-0.15, -0.1) is 0 Å². The van der Waals surface area contributed by atoms with Crippen LogP contribution in [0.1, 0.15) is 10.4 Å². The van der Waals surface area contributed by atoms with Gasteiger partial charge in [-0.3, -0.25) is 4.79 Å². The lowest BCUT2D eigenvalue weighted by Crippen LogP contribution is -2.19. The van der Waals surface area contributed by atoms with Gasteiger partial charge in [0.2, 0.25) is 11.5 Å². The van der Waals surface area contributed by atoms with Gasteiger partial charge in [0.15, 0.2) is 24.7 Å². The van der Waals surface area contributed by atoms with Gasteiger partial charge in [-0.25, -0.2) is 4.79 Å². The van der Waals surface area contributed by atoms with Gasteiger partial charge in [0.05, 0.1) is 21.3 Å². The SMILES string of the molecule is COc1cc(C(=O)COC(=O)COc2ccc3ccccc3c2)cc(OC)c1OC. The van der Waals surface area contributed by atoms with Gasteiger partial charge in [-0.05, 0) is 35.0 Å². The van der Waals surface area contributed by atoms with Crippen molar-refractivity contribution in [2.24, 2.45) is 0 Å². The molecule has 0 saturated heterocycles. The van der Waals surface area contributed by atoms with Gasteiger partial charge >= 0.3 is 5.97 Å². The number of ether oxygens (including phenoxy) is 5. The molecule has 156 valence electrons. The van der Waals surface area contributed by atoms with Crippen LogP contribution in [0, 0.1) is 0 Å². The number of ketones is 1. The summed E-state index contributed by atoms with van der Waals surface area (Å²) in [5, 5.41) is 2.07. The molecule has 3 aromatic carbocycles. The first kappa shape index (κ1) is 21.0. The van der Waals surface area contributed by atoms with E-state index in [4.69, 9.17) is 23.7 Å². The number of esters is 1. The molecule has 0 saturated carbocycles. The second-order valence-electron chi connectivity index (χ2n) is 6.30. The van der Waals surface area contributed by atoms with Crippen LogP contribution < -0.4 is 18.9 Å². The quantitative estimate of drug-likeness (QED) is 0.393. The summed E-state index contributed by atoms with van der Waals surface area (Å²) in [6.07, 6.45) is 0. The highest BCUT2D eigenvalue weighted by molar-refractivity contribution is 5.99. The molecule has 0 unspecified atom stereocenters. The first-order valence-corrected chi connectivity index (χ1v) is 9.16. The third-order valence-corrected chi connectivity index (χ3v) is 4.43. The summed E-state index contributed by atoms with van der Waals surface area (Å²) in [5.74, 6) is 0.536. The molecule has 0 N–H and O–H groups in total. The number of hydrogen-bond acceptors (Lipinski definition) is 7. The van der Waals surface area contributed by atoms with Gasteiger partial charge in [-0.1, -0.05) is 30.3 Å². The lowest BCUT2D eigenvalue weighted by Gasteiger charge is -2.13. The molecule has 0 aliphatic rings. The summed E-state index contributed by atoms with van der Waals surface area (Å²) in [4.78, 5) is 24.4. The number of fused-ring (bicyclic) bond motifs is 1. The Labute approximate surface area is 174 Å². The Bertz CT molecular complexity index is 1030. The highest BCUT2D eigenvalue weighted by Crippen LogP contribution is 2.38. The fourth-order valence-corrected chi connectivity index (χ4v) is 2.91. The highest BCUT2D eigenvalue weighted by atomic mass is 16.6. The van der Waals surface area contributed by atoms with Crippen LogP contribution >= 0.6 is 0 Å². The van der Waals surface area contributed by atoms with Gasteiger partial charge in [0.25, 0.3) is 0 Å². The van der Waals surface area contributed by atoms with Crippen molar-refractivity contribution >= 4 is 22.5 Å². The Morgan fingerprint density at radius 1 is 0.767 bits per heavy atom. The van der Waals surface area contributed by atoms with Crippen LogP contribution in [-0.2, 0) is 9.53 Å². The van der Waals surface area contributed by atoms with E-state index in [9.17, 15) is 9.59 Å². The predicted molar refractivity (Wildman–Crippen MR) is 111 cm³/mol. The van der Waals surface area contributed by atoms with Gasteiger partial charge in [0, 0.05) is 5.56 Å². The second-order valence-corrected chi connectivity index (χ2v) is 6.30. The van der Waals surface area contributed by atoms with Crippen LogP contribution in [0.25, 0.3) is 10.8 Å².